The Labute approximate surface area is 145 Å². The van der Waals surface area contributed by atoms with Crippen molar-refractivity contribution in [2.24, 2.45) is 0 Å². The summed E-state index contributed by atoms with van der Waals surface area (Å²) in [6, 6.07) is 7.88. The maximum atomic E-state index is 12.5. The van der Waals surface area contributed by atoms with Crippen LogP contribution in [0, 0.1) is 0 Å². The molecule has 5 nitrogen and oxygen atoms in total. The molecule has 1 aliphatic rings. The second-order valence-corrected chi connectivity index (χ2v) is 7.34. The zero-order valence-electron chi connectivity index (χ0n) is 15.0. The lowest BCUT2D eigenvalue weighted by Crippen LogP contribution is -2.48. The lowest BCUT2D eigenvalue weighted by atomic mass is 10.0. The van der Waals surface area contributed by atoms with E-state index >= 15 is 0 Å². The molecule has 2 rings (SSSR count). The van der Waals surface area contributed by atoms with Gasteiger partial charge in [-0.15, -0.1) is 0 Å². The van der Waals surface area contributed by atoms with Gasteiger partial charge in [0, 0.05) is 31.3 Å². The van der Waals surface area contributed by atoms with Crippen molar-refractivity contribution in [3.8, 4) is 5.75 Å². The lowest BCUT2D eigenvalue weighted by molar-refractivity contribution is 0.127. The first-order valence-electron chi connectivity index (χ1n) is 8.83. The Bertz CT molecular complexity index is 538. The third kappa shape index (κ3) is 5.41. The molecule has 1 aliphatic heterocycles. The standard InChI is InChI=1S/C19H30N2O3/c1-19(2,3)24-17-10-5-4-8-15(17)14-20-18(23)21-12-7-6-9-16(21)11-13-22/h4-5,8,10,16,22H,6-7,9,11-14H2,1-3H3,(H,20,23). The van der Waals surface area contributed by atoms with E-state index in [9.17, 15) is 9.90 Å². The van der Waals surface area contributed by atoms with Gasteiger partial charge in [0.05, 0.1) is 0 Å². The number of aliphatic hydroxyl groups excluding tert-OH is 1. The highest BCUT2D eigenvalue weighted by atomic mass is 16.5. The molecule has 1 atom stereocenters. The molecule has 24 heavy (non-hydrogen) atoms. The molecular formula is C19H30N2O3. The summed E-state index contributed by atoms with van der Waals surface area (Å²) >= 11 is 0. The first-order valence-corrected chi connectivity index (χ1v) is 8.83. The second-order valence-electron chi connectivity index (χ2n) is 7.34. The van der Waals surface area contributed by atoms with Crippen LogP contribution in [0.15, 0.2) is 24.3 Å². The highest BCUT2D eigenvalue weighted by molar-refractivity contribution is 5.74. The number of ether oxygens (including phenoxy) is 1. The average Bonchev–Trinajstić information content (AvgIpc) is 2.53. The third-order valence-corrected chi connectivity index (χ3v) is 4.17. The van der Waals surface area contributed by atoms with Gasteiger partial charge >= 0.3 is 6.03 Å². The zero-order chi connectivity index (χ0) is 17.6. The molecule has 5 heteroatoms. The number of urea groups is 1. The summed E-state index contributed by atoms with van der Waals surface area (Å²) in [5.74, 6) is 0.802. The van der Waals surface area contributed by atoms with Crippen LogP contribution < -0.4 is 10.1 Å². The van der Waals surface area contributed by atoms with Crippen molar-refractivity contribution in [1.82, 2.24) is 10.2 Å². The average molecular weight is 334 g/mol. The highest BCUT2D eigenvalue weighted by Crippen LogP contribution is 2.23. The van der Waals surface area contributed by atoms with Gasteiger partial charge < -0.3 is 20.1 Å². The predicted octanol–water partition coefficient (Wildman–Crippen LogP) is 3.31. The molecule has 0 aromatic heterocycles. The van der Waals surface area contributed by atoms with Crippen LogP contribution in [0.25, 0.3) is 0 Å². The molecule has 0 aliphatic carbocycles. The summed E-state index contributed by atoms with van der Waals surface area (Å²) < 4.78 is 5.97. The van der Waals surface area contributed by atoms with E-state index < -0.39 is 0 Å². The van der Waals surface area contributed by atoms with Crippen molar-refractivity contribution < 1.29 is 14.6 Å². The SMILES string of the molecule is CC(C)(C)Oc1ccccc1CNC(=O)N1CCCCC1CCO. The maximum Gasteiger partial charge on any atom is 0.317 e. The van der Waals surface area contributed by atoms with Crippen LogP contribution in [0.5, 0.6) is 5.75 Å². The van der Waals surface area contributed by atoms with Gasteiger partial charge in [-0.2, -0.15) is 0 Å². The molecule has 2 N–H and O–H groups in total. The van der Waals surface area contributed by atoms with Crippen LogP contribution in [0.4, 0.5) is 4.79 Å². The number of piperidine rings is 1. The summed E-state index contributed by atoms with van der Waals surface area (Å²) in [5.41, 5.74) is 0.690. The number of rotatable bonds is 5. The van der Waals surface area contributed by atoms with Gasteiger partial charge in [0.25, 0.3) is 0 Å². The molecule has 0 spiro atoms. The van der Waals surface area contributed by atoms with Crippen LogP contribution in [0.2, 0.25) is 0 Å². The Hall–Kier alpha value is -1.75. The van der Waals surface area contributed by atoms with E-state index in [1.165, 1.54) is 0 Å². The molecule has 0 bridgehead atoms. The third-order valence-electron chi connectivity index (χ3n) is 4.17. The Morgan fingerprint density at radius 1 is 1.33 bits per heavy atom. The van der Waals surface area contributed by atoms with Gasteiger partial charge in [0.15, 0.2) is 0 Å². The topological polar surface area (TPSA) is 61.8 Å². The van der Waals surface area contributed by atoms with Crippen molar-refractivity contribution in [2.45, 2.75) is 64.6 Å². The lowest BCUT2D eigenvalue weighted by Gasteiger charge is -2.35. The summed E-state index contributed by atoms with van der Waals surface area (Å²) in [4.78, 5) is 14.4. The monoisotopic (exact) mass is 334 g/mol. The molecule has 2 amide bonds. The highest BCUT2D eigenvalue weighted by Gasteiger charge is 2.26. The minimum absolute atomic E-state index is 0.0567. The molecule has 1 fully saturated rings. The van der Waals surface area contributed by atoms with Gasteiger partial charge in [-0.1, -0.05) is 18.2 Å². The van der Waals surface area contributed by atoms with Crippen LogP contribution >= 0.6 is 0 Å². The van der Waals surface area contributed by atoms with Crippen molar-refractivity contribution in [2.75, 3.05) is 13.2 Å². The molecule has 1 aromatic carbocycles. The van der Waals surface area contributed by atoms with Gasteiger partial charge in [-0.25, -0.2) is 4.79 Å². The fourth-order valence-corrected chi connectivity index (χ4v) is 3.07. The summed E-state index contributed by atoms with van der Waals surface area (Å²) in [5, 5.41) is 12.2. The van der Waals surface area contributed by atoms with E-state index in [-0.39, 0.29) is 24.3 Å². The molecule has 134 valence electrons. The van der Waals surface area contributed by atoms with Gasteiger partial charge in [0.1, 0.15) is 11.4 Å². The number of hydrogen-bond donors (Lipinski definition) is 2. The quantitative estimate of drug-likeness (QED) is 0.868. The van der Waals surface area contributed by atoms with Crippen LogP contribution in [-0.2, 0) is 6.54 Å². The van der Waals surface area contributed by atoms with Crippen LogP contribution in [-0.4, -0.2) is 40.8 Å². The summed E-state index contributed by atoms with van der Waals surface area (Å²) in [6.07, 6.45) is 3.77. The Balaban J connectivity index is 1.98. The van der Waals surface area contributed by atoms with E-state index in [0.717, 1.165) is 37.1 Å². The van der Waals surface area contributed by atoms with E-state index in [1.807, 2.05) is 49.9 Å². The first-order chi connectivity index (χ1) is 11.4. The van der Waals surface area contributed by atoms with E-state index in [2.05, 4.69) is 5.32 Å². The normalized spacial score (nSPS) is 18.3. The largest absolute Gasteiger partial charge is 0.488 e. The van der Waals surface area contributed by atoms with Crippen LogP contribution in [0.1, 0.15) is 52.0 Å². The number of amides is 2. The molecule has 1 aromatic rings. The number of likely N-dealkylation sites (tertiary alicyclic amines) is 1. The molecular weight excluding hydrogens is 304 g/mol. The number of nitrogens with one attached hydrogen (secondary N) is 1. The molecule has 1 heterocycles. The number of carbonyl (C=O) groups is 1. The van der Waals surface area contributed by atoms with E-state index in [1.54, 1.807) is 0 Å². The fraction of sp³-hybridized carbons (Fsp3) is 0.632. The zero-order valence-corrected chi connectivity index (χ0v) is 15.0. The van der Waals surface area contributed by atoms with Gasteiger partial charge in [0.2, 0.25) is 0 Å². The van der Waals surface area contributed by atoms with E-state index in [4.69, 9.17) is 4.74 Å². The number of hydrogen-bond acceptors (Lipinski definition) is 3. The van der Waals surface area contributed by atoms with E-state index in [0.29, 0.717) is 13.0 Å². The van der Waals surface area contributed by atoms with Crippen molar-refractivity contribution in [3.63, 3.8) is 0 Å². The van der Waals surface area contributed by atoms with Crippen molar-refractivity contribution >= 4 is 6.03 Å². The molecule has 1 unspecified atom stereocenters. The Kier molecular flexibility index (Phi) is 6.49. The molecule has 1 saturated heterocycles. The van der Waals surface area contributed by atoms with Gasteiger partial charge in [-0.3, -0.25) is 0 Å². The van der Waals surface area contributed by atoms with Gasteiger partial charge in [-0.05, 0) is 52.5 Å². The van der Waals surface area contributed by atoms with Crippen molar-refractivity contribution in [1.29, 1.82) is 0 Å². The maximum absolute atomic E-state index is 12.5. The second kappa shape index (κ2) is 8.38. The Morgan fingerprint density at radius 3 is 2.79 bits per heavy atom. The predicted molar refractivity (Wildman–Crippen MR) is 95.1 cm³/mol. The minimum atomic E-state index is -0.279. The minimum Gasteiger partial charge on any atom is -0.488 e. The summed E-state index contributed by atoms with van der Waals surface area (Å²) in [7, 11) is 0. The number of nitrogens with zero attached hydrogens (tertiary/aromatic N) is 1. The molecule has 0 saturated carbocycles. The number of para-hydroxylation sites is 1. The smallest absolute Gasteiger partial charge is 0.317 e. The van der Waals surface area contributed by atoms with Crippen molar-refractivity contribution in [3.05, 3.63) is 29.8 Å². The number of aliphatic hydroxyl groups is 1. The summed E-state index contributed by atoms with van der Waals surface area (Å²) in [6.45, 7) is 7.35. The Morgan fingerprint density at radius 2 is 2.08 bits per heavy atom. The van der Waals surface area contributed by atoms with Crippen LogP contribution in [0.3, 0.4) is 0 Å². The fourth-order valence-electron chi connectivity index (χ4n) is 3.07. The number of benzene rings is 1. The number of carbonyl (C=O) groups excluding carboxylic acids is 1. The first kappa shape index (κ1) is 18.6. The molecule has 0 radical (unpaired) electrons.